The molecule has 2 aromatic rings. The first kappa shape index (κ1) is 15.4. The molecule has 0 radical (unpaired) electrons. The summed E-state index contributed by atoms with van der Waals surface area (Å²) in [6.07, 6.45) is 1.54. The number of alkyl carbamates (subject to hydrolysis) is 1. The van der Waals surface area contributed by atoms with E-state index in [9.17, 15) is 4.79 Å². The molecule has 0 bridgehead atoms. The van der Waals surface area contributed by atoms with Gasteiger partial charge in [-0.1, -0.05) is 18.2 Å². The fourth-order valence-corrected chi connectivity index (χ4v) is 2.38. The number of hydrogen-bond donors (Lipinski definition) is 2. The molecule has 0 saturated carbocycles. The van der Waals surface area contributed by atoms with Crippen LogP contribution in [0.2, 0.25) is 0 Å². The van der Waals surface area contributed by atoms with Crippen molar-refractivity contribution in [1.82, 2.24) is 9.88 Å². The van der Waals surface area contributed by atoms with E-state index in [4.69, 9.17) is 10.5 Å². The molecule has 0 saturated heterocycles. The van der Waals surface area contributed by atoms with Crippen LogP contribution >= 0.6 is 0 Å². The Morgan fingerprint density at radius 3 is 2.71 bits per heavy atom. The maximum absolute atomic E-state index is 12.0. The average Bonchev–Trinajstić information content (AvgIpc) is 2.76. The summed E-state index contributed by atoms with van der Waals surface area (Å²) in [5.41, 5.74) is 7.39. The second-order valence-electron chi connectivity index (χ2n) is 6.15. The van der Waals surface area contributed by atoms with E-state index in [-0.39, 0.29) is 6.04 Å². The van der Waals surface area contributed by atoms with Gasteiger partial charge in [0.1, 0.15) is 5.60 Å². The van der Waals surface area contributed by atoms with Crippen LogP contribution < -0.4 is 11.1 Å². The number of rotatable bonds is 3. The predicted molar refractivity (Wildman–Crippen MR) is 84.1 cm³/mol. The van der Waals surface area contributed by atoms with E-state index in [2.05, 4.69) is 5.32 Å². The maximum atomic E-state index is 12.0. The zero-order valence-corrected chi connectivity index (χ0v) is 13.0. The largest absolute Gasteiger partial charge is 0.444 e. The minimum absolute atomic E-state index is 0.280. The van der Waals surface area contributed by atoms with Gasteiger partial charge in [0.2, 0.25) is 0 Å². The van der Waals surface area contributed by atoms with Crippen LogP contribution in [0.1, 0.15) is 32.4 Å². The molecule has 1 aromatic carbocycles. The summed E-state index contributed by atoms with van der Waals surface area (Å²) in [6.45, 7) is 5.81. The lowest BCUT2D eigenvalue weighted by molar-refractivity contribution is 0.0505. The van der Waals surface area contributed by atoms with Gasteiger partial charge in [0, 0.05) is 25.4 Å². The van der Waals surface area contributed by atoms with Crippen molar-refractivity contribution in [3.05, 3.63) is 36.0 Å². The molecule has 1 heterocycles. The first-order valence-electron chi connectivity index (χ1n) is 7.05. The van der Waals surface area contributed by atoms with Gasteiger partial charge in [0.05, 0.1) is 11.6 Å². The van der Waals surface area contributed by atoms with Crippen LogP contribution in [0.15, 0.2) is 30.5 Å². The summed E-state index contributed by atoms with van der Waals surface area (Å²) in [4.78, 5) is 12.0. The van der Waals surface area contributed by atoms with Crippen molar-refractivity contribution < 1.29 is 9.53 Å². The number of aryl methyl sites for hydroxylation is 1. The van der Waals surface area contributed by atoms with Gasteiger partial charge in [-0.3, -0.25) is 0 Å². The number of hydrogen-bond acceptors (Lipinski definition) is 3. The number of fused-ring (bicyclic) bond motifs is 1. The van der Waals surface area contributed by atoms with Gasteiger partial charge < -0.3 is 20.4 Å². The molecule has 1 unspecified atom stereocenters. The topological polar surface area (TPSA) is 69.3 Å². The molecule has 1 aromatic heterocycles. The standard InChI is InChI=1S/C16H23N3O2/c1-16(2,3)21-15(20)18-13(10-17)12-7-5-6-11-8-9-19(4)14(11)12/h5-9,13H,10,17H2,1-4H3,(H,18,20). The molecular formula is C16H23N3O2. The molecule has 0 fully saturated rings. The van der Waals surface area contributed by atoms with E-state index in [0.717, 1.165) is 16.5 Å². The highest BCUT2D eigenvalue weighted by Crippen LogP contribution is 2.24. The fraction of sp³-hybridized carbons (Fsp3) is 0.438. The summed E-state index contributed by atoms with van der Waals surface area (Å²) in [5.74, 6) is 0. The minimum atomic E-state index is -0.528. The first-order valence-corrected chi connectivity index (χ1v) is 7.05. The van der Waals surface area contributed by atoms with Gasteiger partial charge in [0.25, 0.3) is 0 Å². The minimum Gasteiger partial charge on any atom is -0.444 e. The molecule has 0 aliphatic carbocycles. The maximum Gasteiger partial charge on any atom is 0.408 e. The molecule has 1 atom stereocenters. The van der Waals surface area contributed by atoms with E-state index in [1.165, 1.54) is 0 Å². The zero-order chi connectivity index (χ0) is 15.6. The number of para-hydroxylation sites is 1. The first-order chi connectivity index (χ1) is 9.81. The zero-order valence-electron chi connectivity index (χ0n) is 13.0. The van der Waals surface area contributed by atoms with Crippen LogP contribution in [0, 0.1) is 0 Å². The van der Waals surface area contributed by atoms with Crippen molar-refractivity contribution in [2.75, 3.05) is 6.54 Å². The number of aromatic nitrogens is 1. The van der Waals surface area contributed by atoms with Crippen LogP contribution in [-0.2, 0) is 11.8 Å². The highest BCUT2D eigenvalue weighted by atomic mass is 16.6. The van der Waals surface area contributed by atoms with Gasteiger partial charge in [-0.05, 0) is 32.2 Å². The molecule has 5 heteroatoms. The van der Waals surface area contributed by atoms with Gasteiger partial charge >= 0.3 is 6.09 Å². The van der Waals surface area contributed by atoms with Crippen LogP contribution in [-0.4, -0.2) is 22.8 Å². The van der Waals surface area contributed by atoms with Crippen molar-refractivity contribution in [2.24, 2.45) is 12.8 Å². The number of carbonyl (C=O) groups is 1. The van der Waals surface area contributed by atoms with Gasteiger partial charge in [-0.2, -0.15) is 0 Å². The molecule has 0 aliphatic heterocycles. The van der Waals surface area contributed by atoms with Crippen LogP contribution in [0.4, 0.5) is 4.79 Å². The third kappa shape index (κ3) is 3.55. The van der Waals surface area contributed by atoms with E-state index in [0.29, 0.717) is 6.54 Å². The molecule has 21 heavy (non-hydrogen) atoms. The summed E-state index contributed by atoms with van der Waals surface area (Å²) >= 11 is 0. The second kappa shape index (κ2) is 5.77. The lowest BCUT2D eigenvalue weighted by atomic mass is 10.0. The molecule has 3 N–H and O–H groups in total. The van der Waals surface area contributed by atoms with E-state index in [1.807, 2.05) is 62.8 Å². The van der Waals surface area contributed by atoms with Gasteiger partial charge in [-0.15, -0.1) is 0 Å². The SMILES string of the molecule is Cn1ccc2cccc(C(CN)NC(=O)OC(C)(C)C)c21. The second-order valence-corrected chi connectivity index (χ2v) is 6.15. The molecule has 0 spiro atoms. The van der Waals surface area contributed by atoms with E-state index >= 15 is 0 Å². The summed E-state index contributed by atoms with van der Waals surface area (Å²) in [5, 5.41) is 3.97. The summed E-state index contributed by atoms with van der Waals surface area (Å²) in [7, 11) is 1.98. The lowest BCUT2D eigenvalue weighted by Gasteiger charge is -2.23. The van der Waals surface area contributed by atoms with Crippen LogP contribution in [0.25, 0.3) is 10.9 Å². The third-order valence-electron chi connectivity index (χ3n) is 3.23. The van der Waals surface area contributed by atoms with Gasteiger partial charge in [-0.25, -0.2) is 4.79 Å². The quantitative estimate of drug-likeness (QED) is 0.912. The molecule has 2 rings (SSSR count). The van der Waals surface area contributed by atoms with E-state index < -0.39 is 11.7 Å². The Hall–Kier alpha value is -2.01. The molecule has 1 amide bonds. The Bertz CT molecular complexity index is 640. The smallest absolute Gasteiger partial charge is 0.408 e. The summed E-state index contributed by atoms with van der Waals surface area (Å²) in [6, 6.07) is 7.76. The Kier molecular flexibility index (Phi) is 4.23. The van der Waals surface area contributed by atoms with Crippen molar-refractivity contribution >= 4 is 17.0 Å². The Morgan fingerprint density at radius 2 is 2.10 bits per heavy atom. The number of nitrogens with zero attached hydrogens (tertiary/aromatic N) is 1. The lowest BCUT2D eigenvalue weighted by Crippen LogP contribution is -2.37. The van der Waals surface area contributed by atoms with Crippen molar-refractivity contribution in [1.29, 1.82) is 0 Å². The Balaban J connectivity index is 2.28. The monoisotopic (exact) mass is 289 g/mol. The normalized spacial score (nSPS) is 13.2. The average molecular weight is 289 g/mol. The number of nitrogens with two attached hydrogens (primary N) is 1. The van der Waals surface area contributed by atoms with Crippen molar-refractivity contribution in [3.63, 3.8) is 0 Å². The molecule has 114 valence electrons. The highest BCUT2D eigenvalue weighted by Gasteiger charge is 2.21. The number of benzene rings is 1. The summed E-state index contributed by atoms with van der Waals surface area (Å²) < 4.78 is 7.33. The number of amides is 1. The number of carbonyl (C=O) groups excluding carboxylic acids is 1. The Labute approximate surface area is 125 Å². The van der Waals surface area contributed by atoms with Crippen molar-refractivity contribution in [3.8, 4) is 0 Å². The van der Waals surface area contributed by atoms with Crippen LogP contribution in [0.3, 0.4) is 0 Å². The predicted octanol–water partition coefficient (Wildman–Crippen LogP) is 2.70. The van der Waals surface area contributed by atoms with Crippen LogP contribution in [0.5, 0.6) is 0 Å². The van der Waals surface area contributed by atoms with E-state index in [1.54, 1.807) is 0 Å². The highest BCUT2D eigenvalue weighted by molar-refractivity contribution is 5.84. The Morgan fingerprint density at radius 1 is 1.38 bits per heavy atom. The molecular weight excluding hydrogens is 266 g/mol. The molecule has 0 aliphatic rings. The number of nitrogens with one attached hydrogen (secondary N) is 1. The third-order valence-corrected chi connectivity index (χ3v) is 3.23. The molecule has 5 nitrogen and oxygen atoms in total. The number of ether oxygens (including phenoxy) is 1. The fourth-order valence-electron chi connectivity index (χ4n) is 2.38. The van der Waals surface area contributed by atoms with Crippen molar-refractivity contribution in [2.45, 2.75) is 32.4 Å². The van der Waals surface area contributed by atoms with Gasteiger partial charge in [0.15, 0.2) is 0 Å².